The van der Waals surface area contributed by atoms with Crippen LogP contribution in [0.3, 0.4) is 0 Å². The fraction of sp³-hybridized carbons (Fsp3) is 0.190. The number of anilines is 1. The molecular formula is C21H18ClN3O3. The third kappa shape index (κ3) is 2.96. The van der Waals surface area contributed by atoms with Gasteiger partial charge in [-0.25, -0.2) is 4.68 Å². The number of ketones is 1. The predicted molar refractivity (Wildman–Crippen MR) is 106 cm³/mol. The number of nitrogens with zero attached hydrogens (tertiary/aromatic N) is 2. The van der Waals surface area contributed by atoms with E-state index in [1.165, 1.54) is 12.1 Å². The molecule has 7 heteroatoms. The lowest BCUT2D eigenvalue weighted by atomic mass is 9.85. The summed E-state index contributed by atoms with van der Waals surface area (Å²) in [7, 11) is 0. The minimum Gasteiger partial charge on any atom is -0.508 e. The number of rotatable bonds is 3. The molecule has 4 rings (SSSR count). The number of carbonyl (C=O) groups excluding carboxylic acids is 2. The first-order valence-electron chi connectivity index (χ1n) is 8.85. The Kier molecular flexibility index (Phi) is 4.43. The van der Waals surface area contributed by atoms with E-state index in [4.69, 9.17) is 11.6 Å². The van der Waals surface area contributed by atoms with Crippen LogP contribution in [0.15, 0.2) is 42.5 Å². The zero-order chi connectivity index (χ0) is 20.0. The highest BCUT2D eigenvalue weighted by molar-refractivity contribution is 6.31. The van der Waals surface area contributed by atoms with Gasteiger partial charge in [0.1, 0.15) is 11.6 Å². The fourth-order valence-corrected chi connectivity index (χ4v) is 3.77. The van der Waals surface area contributed by atoms with E-state index >= 15 is 0 Å². The molecule has 1 aromatic heterocycles. The molecule has 0 bridgehead atoms. The molecule has 1 aliphatic heterocycles. The highest BCUT2D eigenvalue weighted by Crippen LogP contribution is 2.39. The Balaban J connectivity index is 1.84. The van der Waals surface area contributed by atoms with Crippen LogP contribution in [0.4, 0.5) is 5.82 Å². The second kappa shape index (κ2) is 6.80. The Hall–Kier alpha value is -3.12. The van der Waals surface area contributed by atoms with Crippen molar-refractivity contribution < 1.29 is 14.7 Å². The minimum absolute atomic E-state index is 0.0494. The van der Waals surface area contributed by atoms with E-state index in [-0.39, 0.29) is 23.9 Å². The Labute approximate surface area is 166 Å². The summed E-state index contributed by atoms with van der Waals surface area (Å²) in [5.74, 6) is -0.483. The molecule has 3 aromatic rings. The number of Topliss-reactive ketones (excluding diaryl/α,β-unsaturated/α-hetero) is 1. The van der Waals surface area contributed by atoms with Crippen molar-refractivity contribution in [3.8, 4) is 11.4 Å². The van der Waals surface area contributed by atoms with Crippen LogP contribution in [0.2, 0.25) is 5.02 Å². The number of aryl methyl sites for hydroxylation is 1. The van der Waals surface area contributed by atoms with E-state index in [1.807, 2.05) is 26.0 Å². The average Bonchev–Trinajstić information content (AvgIpc) is 2.99. The van der Waals surface area contributed by atoms with Crippen molar-refractivity contribution in [2.45, 2.75) is 26.2 Å². The number of carbonyl (C=O) groups is 2. The van der Waals surface area contributed by atoms with Crippen molar-refractivity contribution in [2.75, 3.05) is 5.32 Å². The molecule has 28 heavy (non-hydrogen) atoms. The van der Waals surface area contributed by atoms with Crippen LogP contribution < -0.4 is 5.32 Å². The minimum atomic E-state index is -0.637. The molecule has 0 radical (unpaired) electrons. The molecule has 1 amide bonds. The highest BCUT2D eigenvalue weighted by atomic mass is 35.5. The second-order valence-corrected chi connectivity index (χ2v) is 7.27. The van der Waals surface area contributed by atoms with Gasteiger partial charge in [-0.3, -0.25) is 9.59 Å². The van der Waals surface area contributed by atoms with Crippen molar-refractivity contribution in [1.82, 2.24) is 9.78 Å². The van der Waals surface area contributed by atoms with E-state index in [9.17, 15) is 14.7 Å². The number of aromatic nitrogens is 2. The van der Waals surface area contributed by atoms with E-state index < -0.39 is 5.92 Å². The Morgan fingerprint density at radius 1 is 1.21 bits per heavy atom. The number of hydrogen-bond acceptors (Lipinski definition) is 4. The molecule has 142 valence electrons. The molecule has 1 aliphatic rings. The van der Waals surface area contributed by atoms with Gasteiger partial charge < -0.3 is 10.4 Å². The fourth-order valence-electron chi connectivity index (χ4n) is 3.60. The smallest absolute Gasteiger partial charge is 0.226 e. The molecule has 2 heterocycles. The van der Waals surface area contributed by atoms with Crippen molar-refractivity contribution in [1.29, 1.82) is 0 Å². The van der Waals surface area contributed by atoms with Gasteiger partial charge in [0.15, 0.2) is 5.78 Å². The maximum atomic E-state index is 13.1. The largest absolute Gasteiger partial charge is 0.508 e. The average molecular weight is 396 g/mol. The van der Waals surface area contributed by atoms with Gasteiger partial charge in [-0.1, -0.05) is 17.7 Å². The van der Waals surface area contributed by atoms with Crippen molar-refractivity contribution in [2.24, 2.45) is 0 Å². The molecule has 1 unspecified atom stereocenters. The molecule has 1 atom stereocenters. The van der Waals surface area contributed by atoms with Gasteiger partial charge in [0.05, 0.1) is 17.3 Å². The summed E-state index contributed by atoms with van der Waals surface area (Å²) in [6, 6.07) is 11.5. The lowest BCUT2D eigenvalue weighted by Crippen LogP contribution is -2.28. The van der Waals surface area contributed by atoms with Gasteiger partial charge >= 0.3 is 0 Å². The van der Waals surface area contributed by atoms with Gasteiger partial charge in [0.25, 0.3) is 0 Å². The van der Waals surface area contributed by atoms with E-state index in [1.54, 1.807) is 22.9 Å². The number of phenolic OH excluding ortho intramolecular Hbond substituents is 1. The van der Waals surface area contributed by atoms with Crippen LogP contribution in [0, 0.1) is 13.8 Å². The maximum Gasteiger partial charge on any atom is 0.226 e. The van der Waals surface area contributed by atoms with Crippen LogP contribution in [0.25, 0.3) is 5.69 Å². The van der Waals surface area contributed by atoms with E-state index in [0.29, 0.717) is 27.7 Å². The first kappa shape index (κ1) is 18.3. The van der Waals surface area contributed by atoms with Gasteiger partial charge in [-0.15, -0.1) is 0 Å². The van der Waals surface area contributed by atoms with E-state index in [2.05, 4.69) is 10.4 Å². The van der Waals surface area contributed by atoms with Crippen LogP contribution in [0.1, 0.15) is 39.5 Å². The number of phenols is 1. The molecule has 2 aromatic carbocycles. The highest BCUT2D eigenvalue weighted by Gasteiger charge is 2.36. The summed E-state index contributed by atoms with van der Waals surface area (Å²) in [5, 5.41) is 17.5. The first-order valence-corrected chi connectivity index (χ1v) is 9.22. The van der Waals surface area contributed by atoms with Crippen molar-refractivity contribution in [3.05, 3.63) is 69.9 Å². The van der Waals surface area contributed by atoms with Gasteiger partial charge in [-0.05, 0) is 55.8 Å². The van der Waals surface area contributed by atoms with Gasteiger partial charge in [0, 0.05) is 22.6 Å². The monoisotopic (exact) mass is 395 g/mol. The molecular weight excluding hydrogens is 378 g/mol. The number of aromatic hydroxyl groups is 1. The first-order chi connectivity index (χ1) is 13.4. The Bertz CT molecular complexity index is 1100. The topological polar surface area (TPSA) is 84.2 Å². The third-order valence-electron chi connectivity index (χ3n) is 5.04. The third-order valence-corrected chi connectivity index (χ3v) is 5.45. The number of halogens is 1. The van der Waals surface area contributed by atoms with Gasteiger partial charge in [-0.2, -0.15) is 5.10 Å². The summed E-state index contributed by atoms with van der Waals surface area (Å²) >= 11 is 6.25. The second-order valence-electron chi connectivity index (χ2n) is 6.86. The number of hydrogen-bond donors (Lipinski definition) is 2. The van der Waals surface area contributed by atoms with Crippen LogP contribution >= 0.6 is 11.6 Å². The summed E-state index contributed by atoms with van der Waals surface area (Å²) in [5.41, 5.74) is 3.39. The molecule has 0 saturated carbocycles. The summed E-state index contributed by atoms with van der Waals surface area (Å²) in [6.07, 6.45) is 0.0494. The number of nitrogens with one attached hydrogen (secondary N) is 1. The van der Waals surface area contributed by atoms with Gasteiger partial charge in [0.2, 0.25) is 5.91 Å². The number of fused-ring (bicyclic) bond motifs is 1. The molecule has 2 N–H and O–H groups in total. The van der Waals surface area contributed by atoms with Crippen molar-refractivity contribution >= 4 is 29.1 Å². The van der Waals surface area contributed by atoms with Crippen molar-refractivity contribution in [3.63, 3.8) is 0 Å². The number of benzene rings is 2. The molecule has 0 aliphatic carbocycles. The lowest BCUT2D eigenvalue weighted by molar-refractivity contribution is -0.116. The maximum absolute atomic E-state index is 13.1. The quantitative estimate of drug-likeness (QED) is 0.652. The number of amides is 1. The SMILES string of the molecule is Cc1nn(-c2cccc(Cl)c2C)c2c1C(C(=O)c1ccc(O)cc1)CC(=O)N2. The lowest BCUT2D eigenvalue weighted by Gasteiger charge is -2.23. The zero-order valence-corrected chi connectivity index (χ0v) is 16.1. The predicted octanol–water partition coefficient (Wildman–Crippen LogP) is 4.16. The van der Waals surface area contributed by atoms with E-state index in [0.717, 1.165) is 11.3 Å². The zero-order valence-electron chi connectivity index (χ0n) is 15.4. The van der Waals surface area contributed by atoms with Crippen LogP contribution in [-0.2, 0) is 4.79 Å². The summed E-state index contributed by atoms with van der Waals surface area (Å²) in [6.45, 7) is 3.70. The molecule has 0 saturated heterocycles. The normalized spacial score (nSPS) is 15.8. The molecule has 0 fully saturated rings. The van der Waals surface area contributed by atoms with Crippen LogP contribution in [-0.4, -0.2) is 26.6 Å². The Morgan fingerprint density at radius 2 is 1.93 bits per heavy atom. The standard InChI is InChI=1S/C21H18ClN3O3/c1-11-16(22)4-3-5-17(11)25-21-19(12(2)24-25)15(10-18(27)23-21)20(28)13-6-8-14(26)9-7-13/h3-9,15,26H,10H2,1-2H3,(H,23,27). The molecule has 6 nitrogen and oxygen atoms in total. The van der Waals surface area contributed by atoms with Crippen LogP contribution in [0.5, 0.6) is 5.75 Å². The summed E-state index contributed by atoms with van der Waals surface area (Å²) < 4.78 is 1.64. The summed E-state index contributed by atoms with van der Waals surface area (Å²) in [4.78, 5) is 25.5. The Morgan fingerprint density at radius 3 is 2.64 bits per heavy atom. The molecule has 0 spiro atoms.